The second kappa shape index (κ2) is 5.70. The lowest BCUT2D eigenvalue weighted by atomic mass is 10.3. The predicted molar refractivity (Wildman–Crippen MR) is 73.4 cm³/mol. The molecular weight excluding hydrogens is 282 g/mol. The zero-order valence-corrected chi connectivity index (χ0v) is 12.0. The van der Waals surface area contributed by atoms with Crippen LogP contribution >= 0.6 is 0 Å². The van der Waals surface area contributed by atoms with Crippen LogP contribution in [0.15, 0.2) is 24.3 Å². The minimum absolute atomic E-state index is 0.0174. The standard InChI is InChI=1S/C13H17NO5S/c1-10-8-14(6-7-20(10,17)18)13(16)9-19-12-5-3-2-4-11(12)15/h2-5,10,15H,6-9H2,1H3. The topological polar surface area (TPSA) is 83.9 Å². The van der Waals surface area contributed by atoms with Crippen molar-refractivity contribution in [3.63, 3.8) is 0 Å². The largest absolute Gasteiger partial charge is 0.504 e. The molecule has 1 fully saturated rings. The smallest absolute Gasteiger partial charge is 0.260 e. The SMILES string of the molecule is CC1CN(C(=O)COc2ccccc2O)CCS1(=O)=O. The lowest BCUT2D eigenvalue weighted by molar-refractivity contribution is -0.133. The van der Waals surface area contributed by atoms with Gasteiger partial charge in [0.15, 0.2) is 27.9 Å². The number of carbonyl (C=O) groups is 1. The number of benzene rings is 1. The Balaban J connectivity index is 1.92. The third kappa shape index (κ3) is 3.22. The Morgan fingerprint density at radius 1 is 1.45 bits per heavy atom. The van der Waals surface area contributed by atoms with E-state index in [2.05, 4.69) is 0 Å². The van der Waals surface area contributed by atoms with Crippen LogP contribution < -0.4 is 4.74 Å². The first-order valence-corrected chi connectivity index (χ1v) is 8.02. The second-order valence-electron chi connectivity index (χ2n) is 4.77. The van der Waals surface area contributed by atoms with Gasteiger partial charge < -0.3 is 14.7 Å². The number of carbonyl (C=O) groups excluding carboxylic acids is 1. The van der Waals surface area contributed by atoms with E-state index in [1.807, 2.05) is 0 Å². The molecule has 1 unspecified atom stereocenters. The lowest BCUT2D eigenvalue weighted by Gasteiger charge is -2.30. The average Bonchev–Trinajstić information content (AvgIpc) is 2.40. The number of rotatable bonds is 3. The minimum atomic E-state index is -3.08. The van der Waals surface area contributed by atoms with Gasteiger partial charge in [0.05, 0.1) is 11.0 Å². The molecule has 1 aliphatic heterocycles. The van der Waals surface area contributed by atoms with Crippen LogP contribution in [-0.4, -0.2) is 55.0 Å². The van der Waals surface area contributed by atoms with Gasteiger partial charge >= 0.3 is 0 Å². The maximum absolute atomic E-state index is 12.0. The quantitative estimate of drug-likeness (QED) is 0.874. The highest BCUT2D eigenvalue weighted by Crippen LogP contribution is 2.24. The number of hydrogen-bond acceptors (Lipinski definition) is 5. The van der Waals surface area contributed by atoms with Crippen LogP contribution in [0.1, 0.15) is 6.92 Å². The van der Waals surface area contributed by atoms with E-state index in [1.54, 1.807) is 25.1 Å². The molecule has 1 heterocycles. The summed E-state index contributed by atoms with van der Waals surface area (Å²) in [5, 5.41) is 8.96. The molecule has 1 aliphatic rings. The molecule has 7 heteroatoms. The number of aromatic hydroxyl groups is 1. The molecule has 0 aliphatic carbocycles. The molecule has 0 spiro atoms. The molecule has 1 amide bonds. The molecule has 0 bridgehead atoms. The van der Waals surface area contributed by atoms with Gasteiger partial charge in [0, 0.05) is 13.1 Å². The number of nitrogens with zero attached hydrogens (tertiary/aromatic N) is 1. The van der Waals surface area contributed by atoms with Crippen LogP contribution in [0.2, 0.25) is 0 Å². The van der Waals surface area contributed by atoms with E-state index < -0.39 is 15.1 Å². The van der Waals surface area contributed by atoms with Gasteiger partial charge in [0.2, 0.25) is 0 Å². The molecule has 6 nitrogen and oxygen atoms in total. The van der Waals surface area contributed by atoms with Crippen molar-refractivity contribution in [1.82, 2.24) is 4.90 Å². The van der Waals surface area contributed by atoms with Crippen LogP contribution in [0.3, 0.4) is 0 Å². The van der Waals surface area contributed by atoms with Crippen LogP contribution in [0.25, 0.3) is 0 Å². The van der Waals surface area contributed by atoms with E-state index in [4.69, 9.17) is 4.74 Å². The summed E-state index contributed by atoms with van der Waals surface area (Å²) in [4.78, 5) is 13.4. The first-order valence-electron chi connectivity index (χ1n) is 6.30. The average molecular weight is 299 g/mol. The van der Waals surface area contributed by atoms with Gasteiger partial charge in [0.25, 0.3) is 5.91 Å². The van der Waals surface area contributed by atoms with E-state index in [-0.39, 0.29) is 42.9 Å². The Hall–Kier alpha value is -1.76. The van der Waals surface area contributed by atoms with Crippen molar-refractivity contribution in [1.29, 1.82) is 0 Å². The third-order valence-electron chi connectivity index (χ3n) is 3.31. The van der Waals surface area contributed by atoms with Gasteiger partial charge in [-0.15, -0.1) is 0 Å². The first kappa shape index (κ1) is 14.6. The molecule has 1 N–H and O–H groups in total. The highest BCUT2D eigenvalue weighted by molar-refractivity contribution is 7.92. The van der Waals surface area contributed by atoms with E-state index in [9.17, 15) is 18.3 Å². The van der Waals surface area contributed by atoms with Gasteiger partial charge in [-0.2, -0.15) is 0 Å². The van der Waals surface area contributed by atoms with Gasteiger partial charge in [-0.25, -0.2) is 8.42 Å². The van der Waals surface area contributed by atoms with Crippen LogP contribution in [-0.2, 0) is 14.6 Å². The Morgan fingerprint density at radius 3 is 2.80 bits per heavy atom. The van der Waals surface area contributed by atoms with Crippen LogP contribution in [0.5, 0.6) is 11.5 Å². The zero-order chi connectivity index (χ0) is 14.8. The number of phenols is 1. The van der Waals surface area contributed by atoms with Crippen molar-refractivity contribution in [2.45, 2.75) is 12.2 Å². The third-order valence-corrected chi connectivity index (χ3v) is 5.43. The Labute approximate surface area is 117 Å². The number of sulfone groups is 1. The van der Waals surface area contributed by atoms with Gasteiger partial charge in [-0.3, -0.25) is 4.79 Å². The molecule has 0 aromatic heterocycles. The van der Waals surface area contributed by atoms with E-state index in [1.165, 1.54) is 11.0 Å². The second-order valence-corrected chi connectivity index (χ2v) is 7.31. The summed E-state index contributed by atoms with van der Waals surface area (Å²) in [6, 6.07) is 6.37. The summed E-state index contributed by atoms with van der Waals surface area (Å²) in [5.74, 6) is -0.0975. The molecule has 1 atom stereocenters. The van der Waals surface area contributed by atoms with E-state index in [0.717, 1.165) is 0 Å². The maximum Gasteiger partial charge on any atom is 0.260 e. The Bertz CT molecular complexity index is 599. The molecule has 1 saturated heterocycles. The van der Waals surface area contributed by atoms with Gasteiger partial charge in [0.1, 0.15) is 0 Å². The van der Waals surface area contributed by atoms with E-state index >= 15 is 0 Å². The van der Waals surface area contributed by atoms with Crippen LogP contribution in [0.4, 0.5) is 0 Å². The summed E-state index contributed by atoms with van der Waals surface area (Å²) >= 11 is 0. The highest BCUT2D eigenvalue weighted by atomic mass is 32.2. The fourth-order valence-corrected chi connectivity index (χ4v) is 3.27. The fourth-order valence-electron chi connectivity index (χ4n) is 1.99. The Morgan fingerprint density at radius 2 is 2.15 bits per heavy atom. The number of para-hydroxylation sites is 2. The molecule has 1 aromatic carbocycles. The molecule has 20 heavy (non-hydrogen) atoms. The number of ether oxygens (including phenoxy) is 1. The van der Waals surface area contributed by atoms with Crippen molar-refractivity contribution < 1.29 is 23.1 Å². The molecular formula is C13H17NO5S. The highest BCUT2D eigenvalue weighted by Gasteiger charge is 2.31. The monoisotopic (exact) mass is 299 g/mol. The number of amides is 1. The van der Waals surface area contributed by atoms with Crippen LogP contribution in [0, 0.1) is 0 Å². The summed E-state index contributed by atoms with van der Waals surface area (Å²) in [7, 11) is -3.08. The van der Waals surface area contributed by atoms with Gasteiger partial charge in [-0.1, -0.05) is 12.1 Å². The lowest BCUT2D eigenvalue weighted by Crippen LogP contribution is -2.49. The first-order chi connectivity index (χ1) is 9.40. The van der Waals surface area contributed by atoms with Crippen molar-refractivity contribution in [3.8, 4) is 11.5 Å². The normalized spacial score (nSPS) is 21.4. The summed E-state index contributed by atoms with van der Waals surface area (Å²) in [6.45, 7) is 1.75. The molecule has 0 radical (unpaired) electrons. The minimum Gasteiger partial charge on any atom is -0.504 e. The summed E-state index contributed by atoms with van der Waals surface area (Å²) < 4.78 is 28.4. The molecule has 110 valence electrons. The molecule has 0 saturated carbocycles. The van der Waals surface area contributed by atoms with Crippen molar-refractivity contribution in [2.75, 3.05) is 25.4 Å². The molecule has 2 rings (SSSR count). The van der Waals surface area contributed by atoms with Crippen molar-refractivity contribution >= 4 is 15.7 Å². The fraction of sp³-hybridized carbons (Fsp3) is 0.462. The summed E-state index contributed by atoms with van der Waals surface area (Å²) in [6.07, 6.45) is 0. The predicted octanol–water partition coefficient (Wildman–Crippen LogP) is 0.417. The molecule has 1 aromatic rings. The summed E-state index contributed by atoms with van der Waals surface area (Å²) in [5.41, 5.74) is 0. The number of hydrogen-bond donors (Lipinski definition) is 1. The Kier molecular flexibility index (Phi) is 4.17. The van der Waals surface area contributed by atoms with E-state index in [0.29, 0.717) is 0 Å². The maximum atomic E-state index is 12.0. The number of phenolic OH excluding ortho intramolecular Hbond substituents is 1. The van der Waals surface area contributed by atoms with Gasteiger partial charge in [-0.05, 0) is 19.1 Å². The zero-order valence-electron chi connectivity index (χ0n) is 11.2. The van der Waals surface area contributed by atoms with Crippen molar-refractivity contribution in [3.05, 3.63) is 24.3 Å². The van der Waals surface area contributed by atoms with Crippen molar-refractivity contribution in [2.24, 2.45) is 0 Å².